The number of hydrogen-bond donors (Lipinski definition) is 0. The Kier molecular flexibility index (Phi) is 4.65. The van der Waals surface area contributed by atoms with Gasteiger partial charge in [0.2, 0.25) is 0 Å². The fourth-order valence-corrected chi connectivity index (χ4v) is 2.86. The van der Waals surface area contributed by atoms with Crippen LogP contribution in [-0.4, -0.2) is 18.6 Å². The van der Waals surface area contributed by atoms with Gasteiger partial charge in [-0.05, 0) is 32.1 Å². The maximum Gasteiger partial charge on any atom is 0.143 e. The summed E-state index contributed by atoms with van der Waals surface area (Å²) in [7, 11) is -4.76. The van der Waals surface area contributed by atoms with E-state index < -0.39 is 31.6 Å². The summed E-state index contributed by atoms with van der Waals surface area (Å²) in [5.74, 6) is -0.467. The van der Waals surface area contributed by atoms with E-state index in [2.05, 4.69) is 0 Å². The first-order valence-electron chi connectivity index (χ1n) is 5.50. The molecule has 4 nitrogen and oxygen atoms in total. The minimum absolute atomic E-state index is 0.390. The zero-order valence-corrected chi connectivity index (χ0v) is 10.0. The van der Waals surface area contributed by atoms with Crippen molar-refractivity contribution in [2.24, 2.45) is 5.41 Å². The second-order valence-electron chi connectivity index (χ2n) is 4.47. The predicted octanol–water partition coefficient (Wildman–Crippen LogP) is 0.779. The molecule has 0 unspecified atom stereocenters. The number of hydrogen-bond acceptors (Lipinski definition) is 4. The summed E-state index contributed by atoms with van der Waals surface area (Å²) in [5.41, 5.74) is -0.639. The molecule has 0 aromatic heterocycles. The Morgan fingerprint density at radius 2 is 1.94 bits per heavy atom. The summed E-state index contributed by atoms with van der Waals surface area (Å²) in [6, 6.07) is 0. The fraction of sp³-hybridized carbons (Fsp3) is 0.900. The van der Waals surface area contributed by atoms with Crippen LogP contribution in [0, 0.1) is 5.41 Å². The van der Waals surface area contributed by atoms with Crippen molar-refractivity contribution >= 4 is 13.4 Å². The van der Waals surface area contributed by atoms with Crippen LogP contribution in [0.1, 0.15) is 38.5 Å². The van der Waals surface area contributed by atoms with Gasteiger partial charge in [-0.2, -0.15) is 0 Å². The van der Waals surface area contributed by atoms with Crippen LogP contribution >= 0.6 is 7.60 Å². The Labute approximate surface area is 94.4 Å². The van der Waals surface area contributed by atoms with Crippen LogP contribution < -0.4 is 9.79 Å². The molecule has 0 N–H and O–H groups in total. The lowest BCUT2D eigenvalue weighted by atomic mass is 9.63. The Hall–Kier alpha value is -0.250. The molecule has 0 spiro atoms. The molecule has 0 heterocycles. The van der Waals surface area contributed by atoms with E-state index >= 15 is 0 Å². The van der Waals surface area contributed by atoms with E-state index in [4.69, 9.17) is 0 Å². The molecule has 0 saturated heterocycles. The largest absolute Gasteiger partial charge is 0.810 e. The fourth-order valence-electron chi connectivity index (χ4n) is 2.17. The zero-order chi connectivity index (χ0) is 12.2. The van der Waals surface area contributed by atoms with Crippen LogP contribution in [0.15, 0.2) is 0 Å². The molecule has 16 heavy (non-hydrogen) atoms. The number of ketones is 1. The lowest BCUT2D eigenvalue weighted by molar-refractivity contribution is -0.312. The highest BCUT2D eigenvalue weighted by Gasteiger charge is 2.42. The number of Topliss-reactive ketones (excluding diaryl/α,β-unsaturated/α-hetero) is 1. The van der Waals surface area contributed by atoms with E-state index in [9.17, 15) is 23.5 Å². The van der Waals surface area contributed by atoms with Gasteiger partial charge in [0.1, 0.15) is 5.78 Å². The maximum atomic E-state index is 11.9. The first-order chi connectivity index (χ1) is 7.40. The van der Waals surface area contributed by atoms with Gasteiger partial charge in [0.05, 0.1) is 6.67 Å². The van der Waals surface area contributed by atoms with Crippen molar-refractivity contribution in [1.29, 1.82) is 0 Å². The summed E-state index contributed by atoms with van der Waals surface area (Å²) < 4.78 is 22.5. The van der Waals surface area contributed by atoms with Gasteiger partial charge in [0, 0.05) is 11.6 Å². The minimum atomic E-state index is -4.76. The molecular formula is C10H16FO4P-2. The third kappa shape index (κ3) is 3.65. The Balaban J connectivity index is 2.52. The number of carbonyl (C=O) groups excluding carboxylic acids is 1. The zero-order valence-electron chi connectivity index (χ0n) is 9.12. The van der Waals surface area contributed by atoms with Gasteiger partial charge in [-0.1, -0.05) is 14.0 Å². The van der Waals surface area contributed by atoms with E-state index in [0.29, 0.717) is 32.1 Å². The first kappa shape index (κ1) is 13.8. The molecule has 6 heteroatoms. The van der Waals surface area contributed by atoms with Crippen LogP contribution in [0.25, 0.3) is 0 Å². The Morgan fingerprint density at radius 1 is 1.31 bits per heavy atom. The van der Waals surface area contributed by atoms with Crippen LogP contribution in [0.4, 0.5) is 4.39 Å². The van der Waals surface area contributed by atoms with Crippen molar-refractivity contribution in [2.75, 3.05) is 12.8 Å². The highest BCUT2D eigenvalue weighted by atomic mass is 31.2. The average molecular weight is 250 g/mol. The maximum absolute atomic E-state index is 11.9. The molecular weight excluding hydrogens is 234 g/mol. The molecule has 1 aliphatic carbocycles. The van der Waals surface area contributed by atoms with E-state index in [1.807, 2.05) is 0 Å². The van der Waals surface area contributed by atoms with Crippen LogP contribution in [0.3, 0.4) is 0 Å². The number of rotatable bonds is 7. The second-order valence-corrected chi connectivity index (χ2v) is 6.01. The van der Waals surface area contributed by atoms with Gasteiger partial charge < -0.3 is 14.4 Å². The topological polar surface area (TPSA) is 80.3 Å². The summed E-state index contributed by atoms with van der Waals surface area (Å²) in [5, 5.41) is 0. The number of halogens is 1. The molecule has 0 atom stereocenters. The van der Waals surface area contributed by atoms with Gasteiger partial charge >= 0.3 is 0 Å². The lowest BCUT2D eigenvalue weighted by Gasteiger charge is -2.43. The molecule has 94 valence electrons. The van der Waals surface area contributed by atoms with Crippen molar-refractivity contribution in [3.8, 4) is 0 Å². The SMILES string of the molecule is O=C(CP(=O)([O-])[O-])C1(CCCCF)CCC1. The summed E-state index contributed by atoms with van der Waals surface area (Å²) in [6.07, 6.45) is 2.74. The first-order valence-corrected chi connectivity index (χ1v) is 7.23. The second kappa shape index (κ2) is 5.39. The van der Waals surface area contributed by atoms with Gasteiger partial charge in [-0.15, -0.1) is 0 Å². The van der Waals surface area contributed by atoms with Crippen molar-refractivity contribution < 1.29 is 23.5 Å². The quantitative estimate of drug-likeness (QED) is 0.494. The molecule has 0 aliphatic heterocycles. The number of unbranched alkanes of at least 4 members (excludes halogenated alkanes) is 1. The number of carbonyl (C=O) groups is 1. The summed E-state index contributed by atoms with van der Waals surface area (Å²) in [6.45, 7) is -0.425. The molecule has 0 amide bonds. The van der Waals surface area contributed by atoms with Gasteiger partial charge in [0.15, 0.2) is 0 Å². The number of alkyl halides is 1. The Bertz CT molecular complexity index is 295. The van der Waals surface area contributed by atoms with Crippen molar-refractivity contribution in [2.45, 2.75) is 38.5 Å². The van der Waals surface area contributed by atoms with E-state index in [0.717, 1.165) is 6.42 Å². The van der Waals surface area contributed by atoms with Gasteiger partial charge in [-0.3, -0.25) is 9.18 Å². The van der Waals surface area contributed by atoms with E-state index in [-0.39, 0.29) is 0 Å². The Morgan fingerprint density at radius 3 is 2.31 bits per heavy atom. The van der Waals surface area contributed by atoms with Crippen LogP contribution in [0.2, 0.25) is 0 Å². The van der Waals surface area contributed by atoms with Crippen LogP contribution in [0.5, 0.6) is 0 Å². The average Bonchev–Trinajstić information content (AvgIpc) is 2.06. The monoisotopic (exact) mass is 250 g/mol. The highest BCUT2D eigenvalue weighted by molar-refractivity contribution is 7.49. The van der Waals surface area contributed by atoms with Crippen LogP contribution in [-0.2, 0) is 9.36 Å². The van der Waals surface area contributed by atoms with Gasteiger partial charge in [-0.25, -0.2) is 0 Å². The smallest absolute Gasteiger partial charge is 0.143 e. The molecule has 0 aromatic carbocycles. The standard InChI is InChI=1S/C10H18FO4P/c11-7-2-1-4-10(5-3-6-10)9(12)8-16(13,14)15/h1-8H2,(H2,13,14,15)/p-2. The molecule has 1 fully saturated rings. The molecule has 0 aromatic rings. The van der Waals surface area contributed by atoms with Crippen molar-refractivity contribution in [3.63, 3.8) is 0 Å². The molecule has 0 radical (unpaired) electrons. The van der Waals surface area contributed by atoms with E-state index in [1.165, 1.54) is 0 Å². The van der Waals surface area contributed by atoms with Gasteiger partial charge in [0.25, 0.3) is 0 Å². The molecule has 1 aliphatic rings. The summed E-state index contributed by atoms with van der Waals surface area (Å²) in [4.78, 5) is 32.8. The normalized spacial score (nSPS) is 19.2. The van der Waals surface area contributed by atoms with Crippen molar-refractivity contribution in [3.05, 3.63) is 0 Å². The molecule has 0 bridgehead atoms. The third-order valence-corrected chi connectivity index (χ3v) is 3.95. The third-order valence-electron chi connectivity index (χ3n) is 3.28. The summed E-state index contributed by atoms with van der Waals surface area (Å²) >= 11 is 0. The molecule has 1 rings (SSSR count). The van der Waals surface area contributed by atoms with Crippen molar-refractivity contribution in [1.82, 2.24) is 0 Å². The molecule has 1 saturated carbocycles. The predicted molar refractivity (Wildman–Crippen MR) is 53.6 cm³/mol. The lowest BCUT2D eigenvalue weighted by Crippen LogP contribution is -2.41. The van der Waals surface area contributed by atoms with E-state index in [1.54, 1.807) is 0 Å². The highest BCUT2D eigenvalue weighted by Crippen LogP contribution is 2.47. The minimum Gasteiger partial charge on any atom is -0.810 e.